The van der Waals surface area contributed by atoms with Gasteiger partial charge in [-0.15, -0.1) is 0 Å². The lowest BCUT2D eigenvalue weighted by Gasteiger charge is -2.31. The fourth-order valence-electron chi connectivity index (χ4n) is 2.67. The molecule has 2 saturated heterocycles. The predicted molar refractivity (Wildman–Crippen MR) is 68.6 cm³/mol. The maximum absolute atomic E-state index is 3.76. The quantitative estimate of drug-likeness (QED) is 0.793. The molecule has 0 bridgehead atoms. The van der Waals surface area contributed by atoms with Crippen molar-refractivity contribution in [2.45, 2.75) is 31.7 Å². The monoisotopic (exact) mass is 228 g/mol. The SMILES string of the molecule is CN1CCCC(CNC2CCCSC2)C1. The molecule has 2 heterocycles. The van der Waals surface area contributed by atoms with Crippen molar-refractivity contribution in [3.63, 3.8) is 0 Å². The molecule has 2 fully saturated rings. The van der Waals surface area contributed by atoms with Crippen molar-refractivity contribution >= 4 is 11.8 Å². The van der Waals surface area contributed by atoms with Gasteiger partial charge in [-0.2, -0.15) is 11.8 Å². The standard InChI is InChI=1S/C12H24N2S/c1-14-6-2-4-11(9-14)8-13-12-5-3-7-15-10-12/h11-13H,2-10H2,1H3. The van der Waals surface area contributed by atoms with E-state index in [1.165, 1.54) is 56.8 Å². The van der Waals surface area contributed by atoms with Crippen LogP contribution in [0.15, 0.2) is 0 Å². The predicted octanol–water partition coefficient (Wildman–Crippen LogP) is 1.81. The van der Waals surface area contributed by atoms with E-state index in [4.69, 9.17) is 0 Å². The lowest BCUT2D eigenvalue weighted by atomic mass is 9.98. The van der Waals surface area contributed by atoms with Crippen molar-refractivity contribution in [2.24, 2.45) is 5.92 Å². The third kappa shape index (κ3) is 3.97. The number of likely N-dealkylation sites (tertiary alicyclic amines) is 1. The van der Waals surface area contributed by atoms with Crippen LogP contribution in [0.3, 0.4) is 0 Å². The largest absolute Gasteiger partial charge is 0.313 e. The maximum atomic E-state index is 3.76. The Morgan fingerprint density at radius 3 is 3.00 bits per heavy atom. The summed E-state index contributed by atoms with van der Waals surface area (Å²) >= 11 is 2.12. The Morgan fingerprint density at radius 1 is 1.33 bits per heavy atom. The molecule has 2 nitrogen and oxygen atoms in total. The Kier molecular flexibility index (Phi) is 4.79. The zero-order valence-electron chi connectivity index (χ0n) is 9.87. The number of rotatable bonds is 3. The maximum Gasteiger partial charge on any atom is 0.0158 e. The van der Waals surface area contributed by atoms with Crippen molar-refractivity contribution in [3.8, 4) is 0 Å². The zero-order valence-corrected chi connectivity index (χ0v) is 10.7. The van der Waals surface area contributed by atoms with Crippen LogP contribution in [-0.4, -0.2) is 49.1 Å². The summed E-state index contributed by atoms with van der Waals surface area (Å²) in [4.78, 5) is 2.48. The molecule has 2 aliphatic heterocycles. The molecular formula is C12H24N2S. The van der Waals surface area contributed by atoms with Crippen LogP contribution in [0.5, 0.6) is 0 Å². The normalized spacial score (nSPS) is 34.2. The number of hydrogen-bond donors (Lipinski definition) is 1. The average Bonchev–Trinajstić information content (AvgIpc) is 2.28. The first-order valence-electron chi connectivity index (χ1n) is 6.34. The van der Waals surface area contributed by atoms with Gasteiger partial charge in [-0.25, -0.2) is 0 Å². The summed E-state index contributed by atoms with van der Waals surface area (Å²) in [5.41, 5.74) is 0. The molecule has 0 aromatic rings. The molecular weight excluding hydrogens is 204 g/mol. The van der Waals surface area contributed by atoms with Gasteiger partial charge in [-0.3, -0.25) is 0 Å². The van der Waals surface area contributed by atoms with E-state index in [0.29, 0.717) is 0 Å². The molecule has 0 amide bonds. The van der Waals surface area contributed by atoms with Gasteiger partial charge in [0.1, 0.15) is 0 Å². The van der Waals surface area contributed by atoms with Crippen molar-refractivity contribution in [1.29, 1.82) is 0 Å². The van der Waals surface area contributed by atoms with Crippen molar-refractivity contribution in [3.05, 3.63) is 0 Å². The smallest absolute Gasteiger partial charge is 0.0158 e. The number of thioether (sulfide) groups is 1. The van der Waals surface area contributed by atoms with Crippen LogP contribution < -0.4 is 5.32 Å². The van der Waals surface area contributed by atoms with Gasteiger partial charge in [-0.05, 0) is 57.5 Å². The summed E-state index contributed by atoms with van der Waals surface area (Å²) in [5, 5.41) is 3.76. The summed E-state index contributed by atoms with van der Waals surface area (Å²) in [6, 6.07) is 0.802. The summed E-state index contributed by atoms with van der Waals surface area (Å²) in [5.74, 6) is 3.61. The van der Waals surface area contributed by atoms with Crippen LogP contribution in [-0.2, 0) is 0 Å². The third-order valence-electron chi connectivity index (χ3n) is 3.58. The molecule has 0 saturated carbocycles. The summed E-state index contributed by atoms with van der Waals surface area (Å²) < 4.78 is 0. The van der Waals surface area contributed by atoms with Crippen molar-refractivity contribution < 1.29 is 0 Å². The Balaban J connectivity index is 1.63. The zero-order chi connectivity index (χ0) is 10.5. The molecule has 0 aromatic heterocycles. The highest BCUT2D eigenvalue weighted by molar-refractivity contribution is 7.99. The molecule has 2 aliphatic rings. The van der Waals surface area contributed by atoms with Crippen molar-refractivity contribution in [2.75, 3.05) is 38.2 Å². The summed E-state index contributed by atoms with van der Waals surface area (Å²) in [7, 11) is 2.25. The first-order chi connectivity index (χ1) is 7.34. The Morgan fingerprint density at radius 2 is 2.27 bits per heavy atom. The van der Waals surface area contributed by atoms with E-state index >= 15 is 0 Å². The number of hydrogen-bond acceptors (Lipinski definition) is 3. The lowest BCUT2D eigenvalue weighted by Crippen LogP contribution is -2.42. The number of piperidine rings is 1. The molecule has 0 spiro atoms. The van der Waals surface area contributed by atoms with E-state index in [0.717, 1.165) is 12.0 Å². The van der Waals surface area contributed by atoms with Crippen LogP contribution in [0, 0.1) is 5.92 Å². The van der Waals surface area contributed by atoms with Gasteiger partial charge < -0.3 is 10.2 Å². The van der Waals surface area contributed by atoms with Crippen LogP contribution in [0.2, 0.25) is 0 Å². The van der Waals surface area contributed by atoms with Crippen LogP contribution in [0.25, 0.3) is 0 Å². The minimum absolute atomic E-state index is 0.802. The fourth-order valence-corrected chi connectivity index (χ4v) is 3.78. The average molecular weight is 228 g/mol. The molecule has 0 aromatic carbocycles. The second kappa shape index (κ2) is 6.12. The first-order valence-corrected chi connectivity index (χ1v) is 7.50. The van der Waals surface area contributed by atoms with Crippen molar-refractivity contribution in [1.82, 2.24) is 10.2 Å². The Labute approximate surface area is 98.2 Å². The van der Waals surface area contributed by atoms with E-state index < -0.39 is 0 Å². The third-order valence-corrected chi connectivity index (χ3v) is 4.79. The van der Waals surface area contributed by atoms with Gasteiger partial charge in [0, 0.05) is 18.3 Å². The minimum Gasteiger partial charge on any atom is -0.313 e. The van der Waals surface area contributed by atoms with E-state index in [1.807, 2.05) is 0 Å². The topological polar surface area (TPSA) is 15.3 Å². The summed E-state index contributed by atoms with van der Waals surface area (Å²) in [6.45, 7) is 3.85. The first kappa shape index (κ1) is 11.7. The molecule has 3 heteroatoms. The van der Waals surface area contributed by atoms with E-state index in [-0.39, 0.29) is 0 Å². The lowest BCUT2D eigenvalue weighted by molar-refractivity contribution is 0.203. The molecule has 88 valence electrons. The van der Waals surface area contributed by atoms with Gasteiger partial charge in [-0.1, -0.05) is 0 Å². The van der Waals surface area contributed by atoms with E-state index in [9.17, 15) is 0 Å². The second-order valence-corrected chi connectivity index (χ2v) is 6.24. The highest BCUT2D eigenvalue weighted by atomic mass is 32.2. The second-order valence-electron chi connectivity index (χ2n) is 5.09. The fraction of sp³-hybridized carbons (Fsp3) is 1.00. The number of nitrogens with zero attached hydrogens (tertiary/aromatic N) is 1. The van der Waals surface area contributed by atoms with Gasteiger partial charge in [0.15, 0.2) is 0 Å². The highest BCUT2D eigenvalue weighted by Gasteiger charge is 2.19. The number of nitrogens with one attached hydrogen (secondary N) is 1. The van der Waals surface area contributed by atoms with Gasteiger partial charge in [0.25, 0.3) is 0 Å². The molecule has 1 N–H and O–H groups in total. The summed E-state index contributed by atoms with van der Waals surface area (Å²) in [6.07, 6.45) is 5.63. The van der Waals surface area contributed by atoms with E-state index in [2.05, 4.69) is 29.0 Å². The highest BCUT2D eigenvalue weighted by Crippen LogP contribution is 2.18. The minimum atomic E-state index is 0.802. The van der Waals surface area contributed by atoms with Crippen LogP contribution in [0.1, 0.15) is 25.7 Å². The Hall–Kier alpha value is 0.270. The van der Waals surface area contributed by atoms with Crippen LogP contribution >= 0.6 is 11.8 Å². The Bertz CT molecular complexity index is 180. The molecule has 2 unspecified atom stereocenters. The molecule has 2 atom stereocenters. The van der Waals surface area contributed by atoms with Crippen LogP contribution in [0.4, 0.5) is 0 Å². The van der Waals surface area contributed by atoms with E-state index in [1.54, 1.807) is 0 Å². The molecule has 0 radical (unpaired) electrons. The molecule has 15 heavy (non-hydrogen) atoms. The van der Waals surface area contributed by atoms with Gasteiger partial charge in [0.05, 0.1) is 0 Å². The molecule has 2 rings (SSSR count). The van der Waals surface area contributed by atoms with Gasteiger partial charge >= 0.3 is 0 Å². The molecule has 0 aliphatic carbocycles. The van der Waals surface area contributed by atoms with Gasteiger partial charge in [0.2, 0.25) is 0 Å².